The van der Waals surface area contributed by atoms with Gasteiger partial charge in [0, 0.05) is 13.0 Å². The van der Waals surface area contributed by atoms with Crippen LogP contribution in [0, 0.1) is 0 Å². The van der Waals surface area contributed by atoms with Crippen LogP contribution < -0.4 is 11.1 Å². The van der Waals surface area contributed by atoms with Crippen molar-refractivity contribution in [1.29, 1.82) is 0 Å². The topological polar surface area (TPSA) is 55.1 Å². The minimum atomic E-state index is 0.136. The fourth-order valence-corrected chi connectivity index (χ4v) is 0.954. The number of nitrogens with two attached hydrogens (primary N) is 1. The predicted octanol–water partition coefficient (Wildman–Crippen LogP) is 2.60. The molecule has 100 valence electrons. The lowest BCUT2D eigenvalue weighted by Gasteiger charge is -2.02. The van der Waals surface area contributed by atoms with Crippen molar-refractivity contribution in [2.45, 2.75) is 52.9 Å². The Bertz CT molecular complexity index is 122. The van der Waals surface area contributed by atoms with E-state index in [0.717, 1.165) is 19.4 Å². The first-order valence-corrected chi connectivity index (χ1v) is 7.12. The van der Waals surface area contributed by atoms with Gasteiger partial charge in [-0.15, -0.1) is 0 Å². The Kier molecular flexibility index (Phi) is 31.9. The SMILES string of the molecule is CC.CCCCCNC(=O)CCCN.CS. The predicted molar refractivity (Wildman–Crippen MR) is 77.1 cm³/mol. The fraction of sp³-hybridized carbons (Fsp3) is 0.917. The van der Waals surface area contributed by atoms with Gasteiger partial charge >= 0.3 is 0 Å². The van der Waals surface area contributed by atoms with Crippen molar-refractivity contribution in [2.24, 2.45) is 5.73 Å². The highest BCUT2D eigenvalue weighted by atomic mass is 32.1. The second kappa shape index (κ2) is 24.2. The molecule has 0 spiro atoms. The van der Waals surface area contributed by atoms with Crippen molar-refractivity contribution in [2.75, 3.05) is 19.3 Å². The number of carbonyl (C=O) groups is 1. The summed E-state index contributed by atoms with van der Waals surface area (Å²) in [5, 5.41) is 2.86. The summed E-state index contributed by atoms with van der Waals surface area (Å²) in [6, 6.07) is 0. The molecule has 0 radical (unpaired) electrons. The van der Waals surface area contributed by atoms with E-state index in [1.807, 2.05) is 13.8 Å². The molecule has 3 N–H and O–H groups in total. The van der Waals surface area contributed by atoms with Gasteiger partial charge in [-0.2, -0.15) is 12.6 Å². The summed E-state index contributed by atoms with van der Waals surface area (Å²) in [4.78, 5) is 11.0. The molecule has 0 heterocycles. The Hall–Kier alpha value is -0.220. The molecular weight excluding hydrogens is 220 g/mol. The summed E-state index contributed by atoms with van der Waals surface area (Å²) >= 11 is 3.53. The van der Waals surface area contributed by atoms with Gasteiger partial charge in [0.2, 0.25) is 5.91 Å². The highest BCUT2D eigenvalue weighted by Gasteiger charge is 1.97. The van der Waals surface area contributed by atoms with Crippen LogP contribution in [0.2, 0.25) is 0 Å². The number of nitrogens with one attached hydrogen (secondary N) is 1. The molecule has 0 unspecified atom stereocenters. The van der Waals surface area contributed by atoms with Crippen LogP contribution in [-0.4, -0.2) is 25.3 Å². The quantitative estimate of drug-likeness (QED) is 0.480. The average molecular weight is 250 g/mol. The van der Waals surface area contributed by atoms with Crippen LogP contribution in [-0.2, 0) is 4.79 Å². The van der Waals surface area contributed by atoms with E-state index in [4.69, 9.17) is 5.73 Å². The van der Waals surface area contributed by atoms with Gasteiger partial charge in [-0.1, -0.05) is 33.6 Å². The molecule has 3 nitrogen and oxygen atoms in total. The van der Waals surface area contributed by atoms with E-state index in [2.05, 4.69) is 24.9 Å². The van der Waals surface area contributed by atoms with Gasteiger partial charge in [-0.05, 0) is 25.6 Å². The molecule has 4 heteroatoms. The minimum Gasteiger partial charge on any atom is -0.356 e. The highest BCUT2D eigenvalue weighted by Crippen LogP contribution is 1.92. The van der Waals surface area contributed by atoms with Gasteiger partial charge in [-0.25, -0.2) is 0 Å². The van der Waals surface area contributed by atoms with Crippen molar-refractivity contribution in [1.82, 2.24) is 5.32 Å². The van der Waals surface area contributed by atoms with Gasteiger partial charge < -0.3 is 11.1 Å². The van der Waals surface area contributed by atoms with Crippen LogP contribution in [0.4, 0.5) is 0 Å². The van der Waals surface area contributed by atoms with E-state index in [1.54, 1.807) is 6.26 Å². The summed E-state index contributed by atoms with van der Waals surface area (Å²) in [5.41, 5.74) is 5.27. The number of rotatable bonds is 7. The summed E-state index contributed by atoms with van der Waals surface area (Å²) in [5.74, 6) is 0.136. The molecule has 0 fully saturated rings. The summed E-state index contributed by atoms with van der Waals surface area (Å²) in [6.07, 6.45) is 6.53. The molecule has 0 bridgehead atoms. The van der Waals surface area contributed by atoms with Crippen LogP contribution in [0.25, 0.3) is 0 Å². The van der Waals surface area contributed by atoms with Gasteiger partial charge in [0.05, 0.1) is 0 Å². The van der Waals surface area contributed by atoms with Crippen molar-refractivity contribution in [3.05, 3.63) is 0 Å². The lowest BCUT2D eigenvalue weighted by molar-refractivity contribution is -0.121. The van der Waals surface area contributed by atoms with E-state index in [-0.39, 0.29) is 5.91 Å². The maximum Gasteiger partial charge on any atom is 0.220 e. The Morgan fingerprint density at radius 2 is 1.75 bits per heavy atom. The monoisotopic (exact) mass is 250 g/mol. The average Bonchev–Trinajstić information content (AvgIpc) is 2.37. The second-order valence-electron chi connectivity index (χ2n) is 2.95. The van der Waals surface area contributed by atoms with Crippen molar-refractivity contribution >= 4 is 18.5 Å². The molecule has 0 aromatic heterocycles. The normalized spacial score (nSPS) is 8.12. The first-order valence-electron chi connectivity index (χ1n) is 6.22. The third-order valence-electron chi connectivity index (χ3n) is 1.71. The number of unbranched alkanes of at least 4 members (excludes halogenated alkanes) is 2. The van der Waals surface area contributed by atoms with E-state index < -0.39 is 0 Å². The standard InChI is InChI=1S/C9H20N2O.C2H6.CH4S/c1-2-3-4-8-11-9(12)6-5-7-10;2*1-2/h2-8,10H2,1H3,(H,11,12);1-2H3;2H,1H3. The minimum absolute atomic E-state index is 0.136. The first kappa shape index (κ1) is 21.1. The molecular formula is C12H30N2OS. The zero-order valence-electron chi connectivity index (χ0n) is 11.4. The first-order chi connectivity index (χ1) is 7.81. The molecule has 0 aromatic rings. The van der Waals surface area contributed by atoms with Crippen LogP contribution in [0.1, 0.15) is 52.9 Å². The summed E-state index contributed by atoms with van der Waals surface area (Å²) in [6.45, 7) is 7.57. The fourth-order valence-electron chi connectivity index (χ4n) is 0.954. The van der Waals surface area contributed by atoms with Crippen LogP contribution in [0.5, 0.6) is 0 Å². The molecule has 0 aliphatic carbocycles. The molecule has 0 saturated carbocycles. The molecule has 0 aliphatic heterocycles. The van der Waals surface area contributed by atoms with Crippen LogP contribution in [0.15, 0.2) is 0 Å². The van der Waals surface area contributed by atoms with Crippen LogP contribution in [0.3, 0.4) is 0 Å². The summed E-state index contributed by atoms with van der Waals surface area (Å²) in [7, 11) is 0. The van der Waals surface area contributed by atoms with E-state index in [1.165, 1.54) is 12.8 Å². The van der Waals surface area contributed by atoms with E-state index in [0.29, 0.717) is 13.0 Å². The summed E-state index contributed by atoms with van der Waals surface area (Å²) < 4.78 is 0. The number of hydrogen-bond acceptors (Lipinski definition) is 3. The molecule has 0 rings (SSSR count). The number of thiol groups is 1. The zero-order chi connectivity index (χ0) is 13.2. The smallest absolute Gasteiger partial charge is 0.220 e. The second-order valence-corrected chi connectivity index (χ2v) is 2.95. The Balaban J connectivity index is -0.000000376. The maximum atomic E-state index is 11.0. The number of hydrogen-bond donors (Lipinski definition) is 3. The van der Waals surface area contributed by atoms with Crippen LogP contribution >= 0.6 is 12.6 Å². The zero-order valence-corrected chi connectivity index (χ0v) is 12.3. The van der Waals surface area contributed by atoms with E-state index >= 15 is 0 Å². The van der Waals surface area contributed by atoms with Crippen molar-refractivity contribution < 1.29 is 4.79 Å². The third kappa shape index (κ3) is 23.5. The molecule has 0 atom stereocenters. The molecule has 16 heavy (non-hydrogen) atoms. The van der Waals surface area contributed by atoms with E-state index in [9.17, 15) is 4.79 Å². The van der Waals surface area contributed by atoms with Crippen molar-refractivity contribution in [3.63, 3.8) is 0 Å². The van der Waals surface area contributed by atoms with Gasteiger partial charge in [-0.3, -0.25) is 4.79 Å². The largest absolute Gasteiger partial charge is 0.356 e. The van der Waals surface area contributed by atoms with Crippen molar-refractivity contribution in [3.8, 4) is 0 Å². The lowest BCUT2D eigenvalue weighted by Crippen LogP contribution is -2.24. The number of carbonyl (C=O) groups excluding carboxylic acids is 1. The highest BCUT2D eigenvalue weighted by molar-refractivity contribution is 7.79. The third-order valence-corrected chi connectivity index (χ3v) is 1.71. The Labute approximate surface area is 107 Å². The molecule has 0 aromatic carbocycles. The van der Waals surface area contributed by atoms with Gasteiger partial charge in [0.25, 0.3) is 0 Å². The molecule has 0 saturated heterocycles. The van der Waals surface area contributed by atoms with Gasteiger partial charge in [0.15, 0.2) is 0 Å². The molecule has 0 aliphatic rings. The Morgan fingerprint density at radius 3 is 2.19 bits per heavy atom. The maximum absolute atomic E-state index is 11.0. The van der Waals surface area contributed by atoms with Gasteiger partial charge in [0.1, 0.15) is 0 Å². The lowest BCUT2D eigenvalue weighted by atomic mass is 10.2. The number of amides is 1. The Morgan fingerprint density at radius 1 is 1.19 bits per heavy atom. The molecule has 1 amide bonds.